The highest BCUT2D eigenvalue weighted by molar-refractivity contribution is 7.19. The molecule has 0 saturated heterocycles. The number of fused-ring (bicyclic) bond motifs is 3. The van der Waals surface area contributed by atoms with E-state index in [-0.39, 0.29) is 11.4 Å². The summed E-state index contributed by atoms with van der Waals surface area (Å²) in [5.41, 5.74) is 1.68. The molecule has 0 unspecified atom stereocenters. The molecule has 0 aliphatic heterocycles. The highest BCUT2D eigenvalue weighted by Crippen LogP contribution is 2.35. The zero-order valence-electron chi connectivity index (χ0n) is 12.9. The SMILES string of the molecule is Cc1nc2ccc3ncnc(Nc4ccc(O)c([N+](=O)[O-])c4)c3c2s1. The lowest BCUT2D eigenvalue weighted by Gasteiger charge is -2.09. The van der Waals surface area contributed by atoms with Gasteiger partial charge in [-0.1, -0.05) is 0 Å². The maximum absolute atomic E-state index is 11.0. The molecule has 0 amide bonds. The second-order valence-electron chi connectivity index (χ2n) is 5.35. The number of nitro groups is 1. The molecule has 124 valence electrons. The number of anilines is 2. The van der Waals surface area contributed by atoms with Crippen LogP contribution in [0.25, 0.3) is 21.1 Å². The number of nitrogens with one attached hydrogen (secondary N) is 1. The van der Waals surface area contributed by atoms with Crippen molar-refractivity contribution in [3.63, 3.8) is 0 Å². The number of phenolic OH excluding ortho intramolecular Hbond substituents is 1. The third-order valence-electron chi connectivity index (χ3n) is 3.70. The first-order valence-corrected chi connectivity index (χ1v) is 8.10. The lowest BCUT2D eigenvalue weighted by atomic mass is 10.2. The van der Waals surface area contributed by atoms with Gasteiger partial charge in [-0.3, -0.25) is 10.1 Å². The van der Waals surface area contributed by atoms with Crippen LogP contribution in [-0.2, 0) is 0 Å². The molecule has 0 bridgehead atoms. The van der Waals surface area contributed by atoms with E-state index in [2.05, 4.69) is 20.3 Å². The number of aromatic hydroxyl groups is 1. The van der Waals surface area contributed by atoms with Crippen molar-refractivity contribution < 1.29 is 10.0 Å². The monoisotopic (exact) mass is 353 g/mol. The number of phenols is 1. The molecule has 0 aliphatic carbocycles. The topological polar surface area (TPSA) is 114 Å². The van der Waals surface area contributed by atoms with Gasteiger partial charge in [0.1, 0.15) is 12.1 Å². The Morgan fingerprint density at radius 1 is 1.20 bits per heavy atom. The third-order valence-corrected chi connectivity index (χ3v) is 4.70. The van der Waals surface area contributed by atoms with Crippen molar-refractivity contribution in [2.75, 3.05) is 5.32 Å². The highest BCUT2D eigenvalue weighted by atomic mass is 32.1. The highest BCUT2D eigenvalue weighted by Gasteiger charge is 2.16. The average molecular weight is 353 g/mol. The zero-order chi connectivity index (χ0) is 17.6. The van der Waals surface area contributed by atoms with E-state index in [0.29, 0.717) is 11.5 Å². The number of nitro benzene ring substituents is 1. The normalized spacial score (nSPS) is 11.1. The van der Waals surface area contributed by atoms with Gasteiger partial charge in [0.25, 0.3) is 0 Å². The molecular weight excluding hydrogens is 342 g/mol. The van der Waals surface area contributed by atoms with E-state index in [0.717, 1.165) is 26.1 Å². The Labute approximate surface area is 145 Å². The van der Waals surface area contributed by atoms with E-state index < -0.39 is 4.92 Å². The summed E-state index contributed by atoms with van der Waals surface area (Å²) in [5, 5.41) is 25.4. The Bertz CT molecular complexity index is 1140. The van der Waals surface area contributed by atoms with Gasteiger partial charge >= 0.3 is 5.69 Å². The van der Waals surface area contributed by atoms with E-state index in [9.17, 15) is 15.2 Å². The predicted molar refractivity (Wildman–Crippen MR) is 95.5 cm³/mol. The second kappa shape index (κ2) is 5.64. The van der Waals surface area contributed by atoms with Crippen LogP contribution in [0, 0.1) is 17.0 Å². The van der Waals surface area contributed by atoms with Crippen LogP contribution in [0.5, 0.6) is 5.75 Å². The molecule has 9 heteroatoms. The molecule has 0 atom stereocenters. The summed E-state index contributed by atoms with van der Waals surface area (Å²) in [6.07, 6.45) is 1.43. The number of hydrogen-bond acceptors (Lipinski definition) is 8. The van der Waals surface area contributed by atoms with Gasteiger partial charge in [0, 0.05) is 11.8 Å². The number of benzene rings is 2. The van der Waals surface area contributed by atoms with Crippen LogP contribution in [0.2, 0.25) is 0 Å². The summed E-state index contributed by atoms with van der Waals surface area (Å²) < 4.78 is 0.950. The van der Waals surface area contributed by atoms with Gasteiger partial charge < -0.3 is 10.4 Å². The van der Waals surface area contributed by atoms with Crippen LogP contribution >= 0.6 is 11.3 Å². The minimum Gasteiger partial charge on any atom is -0.502 e. The summed E-state index contributed by atoms with van der Waals surface area (Å²) in [7, 11) is 0. The fourth-order valence-electron chi connectivity index (χ4n) is 2.62. The second-order valence-corrected chi connectivity index (χ2v) is 6.55. The standard InChI is InChI=1S/C16H11N5O3S/c1-8-19-11-4-3-10-14(15(11)25-8)16(18-7-17-10)20-9-2-5-13(22)12(6-9)21(23)24/h2-7,22H,1H3,(H,17,18,20). The van der Waals surface area contributed by atoms with Gasteiger partial charge in [-0.2, -0.15) is 0 Å². The summed E-state index contributed by atoms with van der Waals surface area (Å²) in [6, 6.07) is 7.86. The Hall–Kier alpha value is -3.33. The van der Waals surface area contributed by atoms with Gasteiger partial charge in [-0.15, -0.1) is 11.3 Å². The summed E-state index contributed by atoms with van der Waals surface area (Å²) in [5.74, 6) is 0.141. The lowest BCUT2D eigenvalue weighted by Crippen LogP contribution is -1.97. The summed E-state index contributed by atoms with van der Waals surface area (Å²) in [4.78, 5) is 23.4. The molecule has 25 heavy (non-hydrogen) atoms. The van der Waals surface area contributed by atoms with Crippen molar-refractivity contribution in [3.05, 3.63) is 51.8 Å². The maximum Gasteiger partial charge on any atom is 0.312 e. The number of hydrogen-bond donors (Lipinski definition) is 2. The van der Waals surface area contributed by atoms with Crippen molar-refractivity contribution in [2.45, 2.75) is 6.92 Å². The molecule has 0 radical (unpaired) electrons. The molecule has 2 aromatic heterocycles. The van der Waals surface area contributed by atoms with Crippen LogP contribution in [0.1, 0.15) is 5.01 Å². The molecule has 2 aromatic carbocycles. The Balaban J connectivity index is 1.88. The van der Waals surface area contributed by atoms with Gasteiger partial charge in [0.15, 0.2) is 5.75 Å². The van der Waals surface area contributed by atoms with Gasteiger partial charge in [0.2, 0.25) is 0 Å². The quantitative estimate of drug-likeness (QED) is 0.326. The van der Waals surface area contributed by atoms with E-state index in [1.807, 2.05) is 19.1 Å². The molecule has 4 aromatic rings. The fourth-order valence-corrected chi connectivity index (χ4v) is 3.58. The minimum absolute atomic E-state index is 0.373. The minimum atomic E-state index is -0.636. The third kappa shape index (κ3) is 2.60. The lowest BCUT2D eigenvalue weighted by molar-refractivity contribution is -0.385. The largest absolute Gasteiger partial charge is 0.502 e. The van der Waals surface area contributed by atoms with Gasteiger partial charge in [-0.05, 0) is 31.2 Å². The first kappa shape index (κ1) is 15.2. The summed E-state index contributed by atoms with van der Waals surface area (Å²) in [6.45, 7) is 1.93. The van der Waals surface area contributed by atoms with Crippen LogP contribution in [0.15, 0.2) is 36.7 Å². The molecular formula is C16H11N5O3S. The average Bonchev–Trinajstić information content (AvgIpc) is 2.97. The van der Waals surface area contributed by atoms with Crippen molar-refractivity contribution in [2.24, 2.45) is 0 Å². The Morgan fingerprint density at radius 3 is 2.80 bits per heavy atom. The molecule has 2 heterocycles. The van der Waals surface area contributed by atoms with Gasteiger partial charge in [-0.25, -0.2) is 15.0 Å². The zero-order valence-corrected chi connectivity index (χ0v) is 13.7. The number of rotatable bonds is 3. The fraction of sp³-hybridized carbons (Fsp3) is 0.0625. The van der Waals surface area contributed by atoms with Crippen LogP contribution in [0.3, 0.4) is 0 Å². The molecule has 2 N–H and O–H groups in total. The first-order chi connectivity index (χ1) is 12.0. The molecule has 0 saturated carbocycles. The molecule has 0 aliphatic rings. The molecule has 0 fully saturated rings. The number of thiazole rings is 1. The van der Waals surface area contributed by atoms with Crippen molar-refractivity contribution in [1.82, 2.24) is 15.0 Å². The smallest absolute Gasteiger partial charge is 0.312 e. The molecule has 8 nitrogen and oxygen atoms in total. The van der Waals surface area contributed by atoms with Crippen molar-refractivity contribution in [1.29, 1.82) is 0 Å². The van der Waals surface area contributed by atoms with E-state index in [4.69, 9.17) is 0 Å². The number of aryl methyl sites for hydroxylation is 1. The molecule has 0 spiro atoms. The predicted octanol–water partition coefficient (Wildman–Crippen LogP) is 3.91. The van der Waals surface area contributed by atoms with E-state index in [1.165, 1.54) is 29.8 Å². The van der Waals surface area contributed by atoms with E-state index in [1.54, 1.807) is 6.07 Å². The number of aromatic nitrogens is 3. The Morgan fingerprint density at radius 2 is 2.00 bits per heavy atom. The van der Waals surface area contributed by atoms with Gasteiger partial charge in [0.05, 0.1) is 31.1 Å². The summed E-state index contributed by atoms with van der Waals surface area (Å²) >= 11 is 1.54. The first-order valence-electron chi connectivity index (χ1n) is 7.28. The van der Waals surface area contributed by atoms with Crippen molar-refractivity contribution in [3.8, 4) is 5.75 Å². The van der Waals surface area contributed by atoms with Crippen LogP contribution in [-0.4, -0.2) is 25.0 Å². The van der Waals surface area contributed by atoms with Crippen LogP contribution < -0.4 is 5.32 Å². The maximum atomic E-state index is 11.0. The number of nitrogens with zero attached hydrogens (tertiary/aromatic N) is 4. The Kier molecular flexibility index (Phi) is 3.43. The van der Waals surface area contributed by atoms with Crippen molar-refractivity contribution >= 4 is 49.6 Å². The van der Waals surface area contributed by atoms with Crippen LogP contribution in [0.4, 0.5) is 17.2 Å². The molecule has 4 rings (SSSR count). The van der Waals surface area contributed by atoms with E-state index >= 15 is 0 Å².